The molecular formula is C8H10O2. The highest BCUT2D eigenvalue weighted by atomic mass is 16.6. The van der Waals surface area contributed by atoms with Crippen LogP contribution in [0.3, 0.4) is 0 Å². The van der Waals surface area contributed by atoms with E-state index < -0.39 is 0 Å². The molecule has 0 aromatic rings. The van der Waals surface area contributed by atoms with Crippen LogP contribution in [0.1, 0.15) is 13.3 Å². The fourth-order valence-corrected chi connectivity index (χ4v) is 1.60. The second kappa shape index (κ2) is 1.92. The van der Waals surface area contributed by atoms with Crippen LogP contribution in [0.25, 0.3) is 0 Å². The van der Waals surface area contributed by atoms with Gasteiger partial charge in [0.15, 0.2) is 5.78 Å². The molecular weight excluding hydrogens is 128 g/mol. The number of fused-ring (bicyclic) bond motifs is 1. The summed E-state index contributed by atoms with van der Waals surface area (Å²) in [6.07, 6.45) is 4.96. The minimum atomic E-state index is -0.0267. The molecule has 2 aliphatic rings. The van der Waals surface area contributed by atoms with E-state index in [1.165, 1.54) is 0 Å². The molecule has 0 bridgehead atoms. The van der Waals surface area contributed by atoms with E-state index in [0.29, 0.717) is 12.3 Å². The van der Waals surface area contributed by atoms with Crippen LogP contribution in [0.2, 0.25) is 0 Å². The molecule has 0 aromatic heterocycles. The Hall–Kier alpha value is -0.630. The molecule has 0 aromatic carbocycles. The maximum absolute atomic E-state index is 10.9. The third-order valence-corrected chi connectivity index (χ3v) is 2.14. The second-order valence-electron chi connectivity index (χ2n) is 2.88. The number of allylic oxidation sites excluding steroid dienone is 1. The summed E-state index contributed by atoms with van der Waals surface area (Å²) < 4.78 is 5.13. The third kappa shape index (κ3) is 0.721. The van der Waals surface area contributed by atoms with Crippen molar-refractivity contribution in [3.63, 3.8) is 0 Å². The second-order valence-corrected chi connectivity index (χ2v) is 2.88. The van der Waals surface area contributed by atoms with Crippen LogP contribution in [0.15, 0.2) is 12.2 Å². The van der Waals surface area contributed by atoms with Gasteiger partial charge in [0.2, 0.25) is 0 Å². The van der Waals surface area contributed by atoms with Gasteiger partial charge in [-0.15, -0.1) is 0 Å². The summed E-state index contributed by atoms with van der Waals surface area (Å²) in [5, 5.41) is 0. The number of Topliss-reactive ketones (excluding diaryl/α,β-unsaturated/α-hetero) is 1. The van der Waals surface area contributed by atoms with Gasteiger partial charge in [-0.25, -0.2) is 0 Å². The van der Waals surface area contributed by atoms with E-state index in [4.69, 9.17) is 4.74 Å². The van der Waals surface area contributed by atoms with Crippen LogP contribution < -0.4 is 0 Å². The number of hydrogen-bond acceptors (Lipinski definition) is 2. The molecule has 1 heterocycles. The Morgan fingerprint density at radius 3 is 2.90 bits per heavy atom. The first-order valence-electron chi connectivity index (χ1n) is 3.64. The number of hydrogen-bond donors (Lipinski definition) is 0. The summed E-state index contributed by atoms with van der Waals surface area (Å²) in [6.45, 7) is 1.97. The summed E-state index contributed by atoms with van der Waals surface area (Å²) in [4.78, 5) is 10.9. The van der Waals surface area contributed by atoms with Gasteiger partial charge in [0.1, 0.15) is 6.10 Å². The highest BCUT2D eigenvalue weighted by Gasteiger charge is 2.55. The van der Waals surface area contributed by atoms with Gasteiger partial charge in [0.25, 0.3) is 0 Å². The number of ether oxygens (including phenoxy) is 1. The Bertz CT molecular complexity index is 195. The summed E-state index contributed by atoms with van der Waals surface area (Å²) in [5.41, 5.74) is 0. The fourth-order valence-electron chi connectivity index (χ4n) is 1.60. The largest absolute Gasteiger partial charge is 0.361 e. The lowest BCUT2D eigenvalue weighted by atomic mass is 10.1. The lowest BCUT2D eigenvalue weighted by Crippen LogP contribution is -2.02. The van der Waals surface area contributed by atoms with Crippen molar-refractivity contribution < 1.29 is 9.53 Å². The van der Waals surface area contributed by atoms with Gasteiger partial charge >= 0.3 is 0 Å². The highest BCUT2D eigenvalue weighted by molar-refractivity contribution is 5.89. The van der Waals surface area contributed by atoms with E-state index in [1.54, 1.807) is 0 Å². The van der Waals surface area contributed by atoms with Crippen LogP contribution >= 0.6 is 0 Å². The van der Waals surface area contributed by atoms with Crippen LogP contribution in [0, 0.1) is 5.92 Å². The Labute approximate surface area is 59.9 Å². The van der Waals surface area contributed by atoms with Gasteiger partial charge in [-0.3, -0.25) is 4.79 Å². The molecule has 2 heteroatoms. The smallest absolute Gasteiger partial charge is 0.164 e. The Balaban J connectivity index is 2.08. The van der Waals surface area contributed by atoms with Gasteiger partial charge < -0.3 is 4.74 Å². The first-order valence-corrected chi connectivity index (χ1v) is 3.64. The third-order valence-electron chi connectivity index (χ3n) is 2.14. The topological polar surface area (TPSA) is 29.6 Å². The van der Waals surface area contributed by atoms with Crippen LogP contribution in [0.4, 0.5) is 0 Å². The van der Waals surface area contributed by atoms with Gasteiger partial charge in [-0.05, 0) is 6.92 Å². The molecule has 2 fully saturated rings. The first kappa shape index (κ1) is 6.10. The maximum atomic E-state index is 10.9. The predicted molar refractivity (Wildman–Crippen MR) is 36.6 cm³/mol. The number of ketones is 1. The number of carbonyl (C=O) groups is 1. The number of rotatable bonds is 1. The van der Waals surface area contributed by atoms with E-state index in [2.05, 4.69) is 6.08 Å². The van der Waals surface area contributed by atoms with Crippen LogP contribution in [-0.4, -0.2) is 18.0 Å². The average molecular weight is 138 g/mol. The number of carbonyl (C=O) groups excluding carboxylic acids is 1. The van der Waals surface area contributed by atoms with Gasteiger partial charge in [-0.1, -0.05) is 12.2 Å². The predicted octanol–water partition coefficient (Wildman–Crippen LogP) is 0.919. The van der Waals surface area contributed by atoms with Crippen molar-refractivity contribution in [2.75, 3.05) is 0 Å². The van der Waals surface area contributed by atoms with Crippen molar-refractivity contribution in [2.45, 2.75) is 25.6 Å². The van der Waals surface area contributed by atoms with Gasteiger partial charge in [-0.2, -0.15) is 0 Å². The molecule has 54 valence electrons. The summed E-state index contributed by atoms with van der Waals surface area (Å²) in [7, 11) is 0. The van der Waals surface area contributed by atoms with Crippen molar-refractivity contribution in [1.29, 1.82) is 0 Å². The molecule has 1 saturated heterocycles. The molecule has 0 spiro atoms. The maximum Gasteiger partial charge on any atom is 0.164 e. The zero-order valence-electron chi connectivity index (χ0n) is 5.91. The molecule has 1 aliphatic carbocycles. The Kier molecular flexibility index (Phi) is 1.17. The van der Waals surface area contributed by atoms with E-state index in [9.17, 15) is 4.79 Å². The van der Waals surface area contributed by atoms with Crippen LogP contribution in [0.5, 0.6) is 0 Å². The van der Waals surface area contributed by atoms with Crippen molar-refractivity contribution in [3.05, 3.63) is 12.2 Å². The summed E-state index contributed by atoms with van der Waals surface area (Å²) in [6, 6.07) is 0. The fraction of sp³-hybridized carbons (Fsp3) is 0.625. The molecule has 3 atom stereocenters. The van der Waals surface area contributed by atoms with Crippen molar-refractivity contribution in [3.8, 4) is 0 Å². The molecule has 0 N–H and O–H groups in total. The number of epoxide rings is 1. The minimum Gasteiger partial charge on any atom is -0.361 e. The van der Waals surface area contributed by atoms with Crippen molar-refractivity contribution in [2.24, 2.45) is 5.92 Å². The molecule has 3 unspecified atom stereocenters. The Morgan fingerprint density at radius 2 is 2.50 bits per heavy atom. The molecule has 1 saturated carbocycles. The molecule has 2 rings (SSSR count). The van der Waals surface area contributed by atoms with E-state index in [-0.39, 0.29) is 18.0 Å². The standard InChI is InChI=1S/C8H10O2/c1-2-3-5-4-6(9)8-7(5)10-8/h2-3,5,7-8H,4H2,1H3/b3-2+. The quantitative estimate of drug-likeness (QED) is 0.398. The molecule has 0 radical (unpaired) electrons. The molecule has 1 aliphatic heterocycles. The highest BCUT2D eigenvalue weighted by Crippen LogP contribution is 2.41. The minimum absolute atomic E-state index is 0.0267. The summed E-state index contributed by atoms with van der Waals surface area (Å²) >= 11 is 0. The SMILES string of the molecule is C/C=C/C1CC(=O)C2OC12. The van der Waals surface area contributed by atoms with Crippen LogP contribution in [-0.2, 0) is 9.53 Å². The van der Waals surface area contributed by atoms with E-state index >= 15 is 0 Å². The lowest BCUT2D eigenvalue weighted by Gasteiger charge is -1.99. The van der Waals surface area contributed by atoms with Gasteiger partial charge in [0.05, 0.1) is 6.10 Å². The molecule has 2 nitrogen and oxygen atoms in total. The first-order chi connectivity index (χ1) is 4.83. The van der Waals surface area contributed by atoms with Gasteiger partial charge in [0, 0.05) is 12.3 Å². The van der Waals surface area contributed by atoms with Crippen molar-refractivity contribution in [1.82, 2.24) is 0 Å². The zero-order chi connectivity index (χ0) is 7.14. The zero-order valence-corrected chi connectivity index (χ0v) is 5.91. The van der Waals surface area contributed by atoms with E-state index in [0.717, 1.165) is 0 Å². The molecule has 10 heavy (non-hydrogen) atoms. The monoisotopic (exact) mass is 138 g/mol. The van der Waals surface area contributed by atoms with E-state index in [1.807, 2.05) is 13.0 Å². The average Bonchev–Trinajstić information content (AvgIpc) is 2.59. The summed E-state index contributed by atoms with van der Waals surface area (Å²) in [5.74, 6) is 0.663. The molecule has 0 amide bonds. The Morgan fingerprint density at radius 1 is 1.70 bits per heavy atom. The normalized spacial score (nSPS) is 44.5. The lowest BCUT2D eigenvalue weighted by molar-refractivity contribution is -0.120. The van der Waals surface area contributed by atoms with Crippen molar-refractivity contribution >= 4 is 5.78 Å².